The molecule has 14 heavy (non-hydrogen) atoms. The van der Waals surface area contributed by atoms with Crippen LogP contribution in [0, 0.1) is 18.3 Å². The van der Waals surface area contributed by atoms with Crippen LogP contribution in [0.4, 0.5) is 0 Å². The van der Waals surface area contributed by atoms with Crippen LogP contribution in [0.1, 0.15) is 39.0 Å². The first-order valence-electron chi connectivity index (χ1n) is 5.71. The molecule has 1 saturated carbocycles. The van der Waals surface area contributed by atoms with Crippen LogP contribution in [0.3, 0.4) is 0 Å². The molecule has 0 spiro atoms. The van der Waals surface area contributed by atoms with E-state index in [1.165, 1.54) is 19.3 Å². The van der Waals surface area contributed by atoms with Crippen LogP contribution in [0.2, 0.25) is 0 Å². The number of hydrogen-bond donors (Lipinski definition) is 2. The third-order valence-electron chi connectivity index (χ3n) is 3.89. The van der Waals surface area contributed by atoms with Crippen molar-refractivity contribution in [2.75, 3.05) is 0 Å². The first kappa shape index (κ1) is 10.0. The average molecular weight is 194 g/mol. The summed E-state index contributed by atoms with van der Waals surface area (Å²) >= 11 is 0. The minimum atomic E-state index is -0.820. The molecule has 2 nitrogen and oxygen atoms in total. The Hall–Kier alpha value is -0.520. The maximum Gasteiger partial charge on any atom is 0.139 e. The molecule has 0 radical (unpaired) electrons. The number of fused-ring (bicyclic) bond motifs is 1. The summed E-state index contributed by atoms with van der Waals surface area (Å²) in [6.07, 6.45) is 11.1. The lowest BCUT2D eigenvalue weighted by molar-refractivity contribution is -0.741. The average Bonchev–Trinajstić information content (AvgIpc) is 2.17. The van der Waals surface area contributed by atoms with Gasteiger partial charge in [0.1, 0.15) is 5.60 Å². The summed E-state index contributed by atoms with van der Waals surface area (Å²) in [5, 5.41) is 12.8. The number of hydrogen-bond acceptors (Lipinski definition) is 1. The van der Waals surface area contributed by atoms with Gasteiger partial charge >= 0.3 is 0 Å². The second kappa shape index (κ2) is 3.56. The van der Waals surface area contributed by atoms with E-state index in [0.717, 1.165) is 12.8 Å². The van der Waals surface area contributed by atoms with Gasteiger partial charge in [-0.15, -0.1) is 6.42 Å². The predicted octanol–water partition coefficient (Wildman–Crippen LogP) is 0.265. The van der Waals surface area contributed by atoms with Crippen molar-refractivity contribution in [3.63, 3.8) is 0 Å². The van der Waals surface area contributed by atoms with Crippen molar-refractivity contribution < 1.29 is 10.4 Å². The van der Waals surface area contributed by atoms with Gasteiger partial charge < -0.3 is 10.4 Å². The van der Waals surface area contributed by atoms with Gasteiger partial charge in [-0.05, 0) is 26.2 Å². The van der Waals surface area contributed by atoms with Crippen molar-refractivity contribution in [3.05, 3.63) is 0 Å². The van der Waals surface area contributed by atoms with E-state index in [1.807, 2.05) is 0 Å². The molecule has 0 aromatic heterocycles. The van der Waals surface area contributed by atoms with Gasteiger partial charge in [-0.3, -0.25) is 0 Å². The van der Waals surface area contributed by atoms with Gasteiger partial charge in [0.05, 0.1) is 18.0 Å². The fraction of sp³-hybridized carbons (Fsp3) is 0.833. The lowest BCUT2D eigenvalue weighted by atomic mass is 9.69. The van der Waals surface area contributed by atoms with E-state index >= 15 is 0 Å². The van der Waals surface area contributed by atoms with Crippen LogP contribution in [0.25, 0.3) is 0 Å². The Kier molecular flexibility index (Phi) is 2.55. The fourth-order valence-corrected chi connectivity index (χ4v) is 3.28. The summed E-state index contributed by atoms with van der Waals surface area (Å²) in [6, 6.07) is 1.03. The van der Waals surface area contributed by atoms with Crippen molar-refractivity contribution in [3.8, 4) is 12.3 Å². The lowest BCUT2D eigenvalue weighted by Crippen LogP contribution is -2.99. The van der Waals surface area contributed by atoms with Crippen LogP contribution in [0.15, 0.2) is 0 Å². The van der Waals surface area contributed by atoms with Gasteiger partial charge in [-0.1, -0.05) is 12.3 Å². The summed E-state index contributed by atoms with van der Waals surface area (Å²) in [6.45, 7) is 2.16. The van der Waals surface area contributed by atoms with E-state index in [9.17, 15) is 5.11 Å². The van der Waals surface area contributed by atoms with E-state index in [0.29, 0.717) is 18.0 Å². The molecule has 0 aromatic rings. The first-order valence-corrected chi connectivity index (χ1v) is 5.71. The number of aliphatic hydroxyl groups is 1. The summed E-state index contributed by atoms with van der Waals surface area (Å²) in [5.74, 6) is 2.98. The molecule has 0 aromatic carbocycles. The molecule has 0 unspecified atom stereocenters. The Labute approximate surface area is 86.1 Å². The molecule has 1 aliphatic heterocycles. The van der Waals surface area contributed by atoms with E-state index in [2.05, 4.69) is 18.2 Å². The van der Waals surface area contributed by atoms with Crippen LogP contribution in [-0.4, -0.2) is 22.8 Å². The molecular formula is C12H20NO+. The molecule has 0 bridgehead atoms. The summed E-state index contributed by atoms with van der Waals surface area (Å²) in [7, 11) is 0. The maximum absolute atomic E-state index is 10.4. The second-order valence-corrected chi connectivity index (χ2v) is 5.00. The van der Waals surface area contributed by atoms with Gasteiger partial charge in [0, 0.05) is 6.42 Å². The lowest BCUT2D eigenvalue weighted by Gasteiger charge is -2.44. The van der Waals surface area contributed by atoms with Crippen LogP contribution in [0.5, 0.6) is 0 Å². The van der Waals surface area contributed by atoms with Gasteiger partial charge in [-0.2, -0.15) is 0 Å². The van der Waals surface area contributed by atoms with Gasteiger partial charge in [0.25, 0.3) is 0 Å². The van der Waals surface area contributed by atoms with Crippen molar-refractivity contribution in [2.24, 2.45) is 5.92 Å². The Morgan fingerprint density at radius 1 is 1.43 bits per heavy atom. The number of rotatable bonds is 0. The molecule has 2 heteroatoms. The third kappa shape index (κ3) is 1.55. The summed E-state index contributed by atoms with van der Waals surface area (Å²) in [4.78, 5) is 0. The monoisotopic (exact) mass is 194 g/mol. The van der Waals surface area contributed by atoms with E-state index in [-0.39, 0.29) is 0 Å². The molecule has 2 rings (SSSR count). The largest absolute Gasteiger partial charge is 0.377 e. The van der Waals surface area contributed by atoms with E-state index in [1.54, 1.807) is 0 Å². The van der Waals surface area contributed by atoms with Gasteiger partial charge in [0.15, 0.2) is 0 Å². The van der Waals surface area contributed by atoms with E-state index < -0.39 is 5.60 Å². The fourth-order valence-electron chi connectivity index (χ4n) is 3.28. The highest BCUT2D eigenvalue weighted by atomic mass is 16.3. The topological polar surface area (TPSA) is 36.8 Å². The molecule has 3 N–H and O–H groups in total. The molecule has 1 saturated heterocycles. The van der Waals surface area contributed by atoms with Crippen molar-refractivity contribution in [1.29, 1.82) is 0 Å². The number of piperidine rings is 1. The zero-order valence-electron chi connectivity index (χ0n) is 8.87. The van der Waals surface area contributed by atoms with Crippen LogP contribution < -0.4 is 5.32 Å². The zero-order valence-corrected chi connectivity index (χ0v) is 8.87. The molecule has 78 valence electrons. The normalized spacial score (nSPS) is 47.9. The SMILES string of the molecule is C#C[C@]1(O)C[C@@H](C)[NH2+][C@H]2CCCC[C@H]21. The summed E-state index contributed by atoms with van der Waals surface area (Å²) in [5.41, 5.74) is -0.820. The molecular weight excluding hydrogens is 174 g/mol. The number of terminal acetylenes is 1. The van der Waals surface area contributed by atoms with E-state index in [4.69, 9.17) is 6.42 Å². The molecule has 2 fully saturated rings. The maximum atomic E-state index is 10.4. The molecule has 1 heterocycles. The molecule has 1 aliphatic carbocycles. The standard InChI is InChI=1S/C12H19NO/c1-3-12(14)8-9(2)13-11-7-5-4-6-10(11)12/h1,9-11,13-14H,4-8H2,2H3/p+1/t9-,10-,11+,12+/m1/s1. The first-order chi connectivity index (χ1) is 6.65. The van der Waals surface area contributed by atoms with Crippen molar-refractivity contribution in [2.45, 2.75) is 56.7 Å². The van der Waals surface area contributed by atoms with Gasteiger partial charge in [0.2, 0.25) is 0 Å². The van der Waals surface area contributed by atoms with Crippen LogP contribution >= 0.6 is 0 Å². The van der Waals surface area contributed by atoms with Crippen molar-refractivity contribution in [1.82, 2.24) is 0 Å². The Morgan fingerprint density at radius 3 is 2.86 bits per heavy atom. The third-order valence-corrected chi connectivity index (χ3v) is 3.89. The predicted molar refractivity (Wildman–Crippen MR) is 55.5 cm³/mol. The highest BCUT2D eigenvalue weighted by Gasteiger charge is 2.48. The smallest absolute Gasteiger partial charge is 0.139 e. The quantitative estimate of drug-likeness (QED) is 0.533. The van der Waals surface area contributed by atoms with Gasteiger partial charge in [-0.25, -0.2) is 0 Å². The number of nitrogens with two attached hydrogens (primary N) is 1. The second-order valence-electron chi connectivity index (χ2n) is 5.00. The Balaban J connectivity index is 2.20. The molecule has 0 amide bonds. The highest BCUT2D eigenvalue weighted by Crippen LogP contribution is 2.36. The molecule has 2 aliphatic rings. The van der Waals surface area contributed by atoms with Crippen LogP contribution in [-0.2, 0) is 0 Å². The Bertz CT molecular complexity index is 258. The Morgan fingerprint density at radius 2 is 2.14 bits per heavy atom. The minimum Gasteiger partial charge on any atom is -0.377 e. The molecule has 4 atom stereocenters. The highest BCUT2D eigenvalue weighted by molar-refractivity contribution is 5.14. The van der Waals surface area contributed by atoms with Crippen molar-refractivity contribution >= 4 is 0 Å². The zero-order chi connectivity index (χ0) is 10.2. The summed E-state index contributed by atoms with van der Waals surface area (Å²) < 4.78 is 0. The minimum absolute atomic E-state index is 0.331. The number of quaternary nitrogens is 1.